The first-order valence-corrected chi connectivity index (χ1v) is 7.09. The highest BCUT2D eigenvalue weighted by atomic mass is 32.2. The summed E-state index contributed by atoms with van der Waals surface area (Å²) in [7, 11) is 0. The number of nitrogens with one attached hydrogen (secondary N) is 2. The zero-order chi connectivity index (χ0) is 14.5. The van der Waals surface area contributed by atoms with Gasteiger partial charge in [0.25, 0.3) is 0 Å². The molecule has 0 fully saturated rings. The average Bonchev–Trinajstić information content (AvgIpc) is 2.99. The first kappa shape index (κ1) is 13.3. The summed E-state index contributed by atoms with van der Waals surface area (Å²) < 4.78 is 0. The first-order chi connectivity index (χ1) is 10.3. The van der Waals surface area contributed by atoms with Gasteiger partial charge in [0.2, 0.25) is 11.9 Å². The van der Waals surface area contributed by atoms with Gasteiger partial charge in [0.1, 0.15) is 10.9 Å². The van der Waals surface area contributed by atoms with Crippen LogP contribution in [0.1, 0.15) is 5.82 Å². The Kier molecular flexibility index (Phi) is 3.92. The second-order valence-corrected chi connectivity index (χ2v) is 5.02. The van der Waals surface area contributed by atoms with Crippen LogP contribution in [0.4, 0.5) is 17.6 Å². The van der Waals surface area contributed by atoms with Gasteiger partial charge >= 0.3 is 0 Å². The Morgan fingerprint density at radius 3 is 2.76 bits per heavy atom. The van der Waals surface area contributed by atoms with Crippen LogP contribution < -0.4 is 11.1 Å². The number of H-pyrrole nitrogens is 1. The highest BCUT2D eigenvalue weighted by Crippen LogP contribution is 2.19. The highest BCUT2D eigenvalue weighted by Gasteiger charge is 2.06. The van der Waals surface area contributed by atoms with Gasteiger partial charge in [0, 0.05) is 5.69 Å². The Labute approximate surface area is 124 Å². The fourth-order valence-electron chi connectivity index (χ4n) is 1.61. The number of nitrogens with two attached hydrogens (primary N) is 1. The van der Waals surface area contributed by atoms with E-state index in [4.69, 9.17) is 5.73 Å². The van der Waals surface area contributed by atoms with Crippen LogP contribution in [0.25, 0.3) is 0 Å². The predicted octanol–water partition coefficient (Wildman–Crippen LogP) is 1.61. The van der Waals surface area contributed by atoms with E-state index in [0.717, 1.165) is 10.7 Å². The monoisotopic (exact) mass is 300 g/mol. The van der Waals surface area contributed by atoms with Crippen molar-refractivity contribution in [3.05, 3.63) is 42.4 Å². The third-order valence-corrected chi connectivity index (χ3v) is 3.37. The normalized spacial score (nSPS) is 10.5. The number of anilines is 3. The van der Waals surface area contributed by atoms with Gasteiger partial charge in [-0.25, -0.2) is 0 Å². The molecule has 2 heterocycles. The van der Waals surface area contributed by atoms with Gasteiger partial charge in [0.05, 0.1) is 11.9 Å². The number of hydrogen-bond donors (Lipinski definition) is 3. The van der Waals surface area contributed by atoms with Crippen LogP contribution in [-0.4, -0.2) is 30.4 Å². The maximum atomic E-state index is 5.72. The molecule has 2 aromatic heterocycles. The lowest BCUT2D eigenvalue weighted by molar-refractivity contribution is 0.909. The number of para-hydroxylation sites is 1. The molecule has 0 aliphatic rings. The average molecular weight is 300 g/mol. The fourth-order valence-corrected chi connectivity index (χ4v) is 2.25. The molecule has 0 unspecified atom stereocenters. The van der Waals surface area contributed by atoms with E-state index in [0.29, 0.717) is 17.5 Å². The second-order valence-electron chi connectivity index (χ2n) is 4.02. The summed E-state index contributed by atoms with van der Waals surface area (Å²) in [4.78, 5) is 12.5. The topological polar surface area (TPSA) is 118 Å². The van der Waals surface area contributed by atoms with Gasteiger partial charge in [-0.05, 0) is 12.1 Å². The largest absolute Gasteiger partial charge is 0.368 e. The number of nitrogen functional groups attached to an aromatic ring is 1. The van der Waals surface area contributed by atoms with Crippen molar-refractivity contribution in [2.45, 2.75) is 10.8 Å². The van der Waals surface area contributed by atoms with E-state index >= 15 is 0 Å². The van der Waals surface area contributed by atoms with Crippen LogP contribution in [0.3, 0.4) is 0 Å². The molecule has 0 spiro atoms. The number of nitrogens with zero attached hydrogens (tertiary/aromatic N) is 5. The molecule has 0 atom stereocenters. The Balaban J connectivity index is 1.73. The molecule has 9 heteroatoms. The summed E-state index contributed by atoms with van der Waals surface area (Å²) in [6.45, 7) is 0. The number of aromatic nitrogens is 6. The Bertz CT molecular complexity index is 701. The molecule has 3 rings (SSSR count). The standard InChI is InChI=1S/C12H12N8S/c13-11-16-9(7-21-10-6-14-20-19-10)17-12(18-11)15-8-4-2-1-3-5-8/h1-6H,7H2,(H,14,19,20)(H3,13,15,16,17,18). The van der Waals surface area contributed by atoms with E-state index in [1.807, 2.05) is 30.3 Å². The summed E-state index contributed by atoms with van der Waals surface area (Å²) in [5, 5.41) is 14.1. The van der Waals surface area contributed by atoms with E-state index in [2.05, 4.69) is 35.7 Å². The number of thioether (sulfide) groups is 1. The van der Waals surface area contributed by atoms with Crippen molar-refractivity contribution in [1.29, 1.82) is 0 Å². The summed E-state index contributed by atoms with van der Waals surface area (Å²) >= 11 is 1.46. The summed E-state index contributed by atoms with van der Waals surface area (Å²) in [6, 6.07) is 9.63. The van der Waals surface area contributed by atoms with Crippen molar-refractivity contribution in [2.24, 2.45) is 0 Å². The lowest BCUT2D eigenvalue weighted by atomic mass is 10.3. The van der Waals surface area contributed by atoms with Crippen LogP contribution in [0.5, 0.6) is 0 Å². The zero-order valence-corrected chi connectivity index (χ0v) is 11.7. The minimum Gasteiger partial charge on any atom is -0.368 e. The quantitative estimate of drug-likeness (QED) is 0.608. The van der Waals surface area contributed by atoms with Crippen molar-refractivity contribution < 1.29 is 0 Å². The molecule has 1 aromatic carbocycles. The highest BCUT2D eigenvalue weighted by molar-refractivity contribution is 7.98. The molecule has 4 N–H and O–H groups in total. The van der Waals surface area contributed by atoms with Crippen LogP contribution in [0.2, 0.25) is 0 Å². The van der Waals surface area contributed by atoms with Crippen molar-refractivity contribution in [3.63, 3.8) is 0 Å². The van der Waals surface area contributed by atoms with E-state index in [9.17, 15) is 0 Å². The van der Waals surface area contributed by atoms with Crippen molar-refractivity contribution in [2.75, 3.05) is 11.1 Å². The molecule has 0 aliphatic heterocycles. The van der Waals surface area contributed by atoms with E-state index in [-0.39, 0.29) is 5.95 Å². The van der Waals surface area contributed by atoms with Gasteiger partial charge in [-0.1, -0.05) is 30.0 Å². The van der Waals surface area contributed by atoms with E-state index in [1.54, 1.807) is 6.20 Å². The van der Waals surface area contributed by atoms with Gasteiger partial charge in [-0.2, -0.15) is 25.3 Å². The molecule has 0 saturated carbocycles. The second kappa shape index (κ2) is 6.18. The lowest BCUT2D eigenvalue weighted by Gasteiger charge is -2.06. The Morgan fingerprint density at radius 1 is 1.14 bits per heavy atom. The number of benzene rings is 1. The molecule has 21 heavy (non-hydrogen) atoms. The fraction of sp³-hybridized carbons (Fsp3) is 0.0833. The number of aromatic amines is 1. The third kappa shape index (κ3) is 3.66. The molecule has 3 aromatic rings. The van der Waals surface area contributed by atoms with Crippen LogP contribution in [0.15, 0.2) is 41.6 Å². The van der Waals surface area contributed by atoms with E-state index < -0.39 is 0 Å². The maximum absolute atomic E-state index is 5.72. The molecule has 8 nitrogen and oxygen atoms in total. The van der Waals surface area contributed by atoms with Crippen LogP contribution >= 0.6 is 11.8 Å². The summed E-state index contributed by atoms with van der Waals surface area (Å²) in [6.07, 6.45) is 1.64. The molecule has 106 valence electrons. The molecular weight excluding hydrogens is 288 g/mol. The van der Waals surface area contributed by atoms with E-state index in [1.165, 1.54) is 11.8 Å². The SMILES string of the molecule is Nc1nc(CSc2cn[nH]n2)nc(Nc2ccccc2)n1. The molecule has 0 saturated heterocycles. The maximum Gasteiger partial charge on any atom is 0.232 e. The van der Waals surface area contributed by atoms with Gasteiger partial charge in [-0.15, -0.1) is 5.10 Å². The third-order valence-electron chi connectivity index (χ3n) is 2.47. The van der Waals surface area contributed by atoms with Gasteiger partial charge in [-0.3, -0.25) is 0 Å². The Morgan fingerprint density at radius 2 is 2.00 bits per heavy atom. The minimum atomic E-state index is 0.180. The molecule has 0 radical (unpaired) electrons. The lowest BCUT2D eigenvalue weighted by Crippen LogP contribution is -2.06. The van der Waals surface area contributed by atoms with Gasteiger partial charge < -0.3 is 11.1 Å². The van der Waals surface area contributed by atoms with Crippen molar-refractivity contribution >= 4 is 29.3 Å². The predicted molar refractivity (Wildman–Crippen MR) is 79.9 cm³/mol. The minimum absolute atomic E-state index is 0.180. The van der Waals surface area contributed by atoms with Gasteiger partial charge in [0.15, 0.2) is 0 Å². The number of rotatable bonds is 5. The van der Waals surface area contributed by atoms with Crippen LogP contribution in [-0.2, 0) is 5.75 Å². The summed E-state index contributed by atoms with van der Waals surface area (Å²) in [5.74, 6) is 1.71. The molecule has 0 aliphatic carbocycles. The van der Waals surface area contributed by atoms with Crippen molar-refractivity contribution in [3.8, 4) is 0 Å². The first-order valence-electron chi connectivity index (χ1n) is 6.11. The van der Waals surface area contributed by atoms with Crippen molar-refractivity contribution in [1.82, 2.24) is 30.4 Å². The molecular formula is C12H12N8S. The zero-order valence-electron chi connectivity index (χ0n) is 10.9. The Hall–Kier alpha value is -2.68. The smallest absolute Gasteiger partial charge is 0.232 e. The molecule has 0 amide bonds. The summed E-state index contributed by atoms with van der Waals surface area (Å²) in [5.41, 5.74) is 6.60. The molecule has 0 bridgehead atoms. The number of hydrogen-bond acceptors (Lipinski definition) is 8. The van der Waals surface area contributed by atoms with Crippen LogP contribution in [0, 0.1) is 0 Å².